The van der Waals surface area contributed by atoms with E-state index in [1.165, 1.54) is 62.7 Å². The van der Waals surface area contributed by atoms with Crippen molar-refractivity contribution in [1.29, 1.82) is 0 Å². The number of amides is 5. The van der Waals surface area contributed by atoms with Gasteiger partial charge in [0.25, 0.3) is 35.1 Å². The first-order valence-corrected chi connectivity index (χ1v) is 17.1. The summed E-state index contributed by atoms with van der Waals surface area (Å²) in [4.78, 5) is 77.3. The maximum Gasteiger partial charge on any atom is 0.293 e. The summed E-state index contributed by atoms with van der Waals surface area (Å²) in [6.45, 7) is 0.973. The summed E-state index contributed by atoms with van der Waals surface area (Å²) in [7, 11) is 4.31. The monoisotopic (exact) mass is 770 g/mol. The molecule has 5 amide bonds. The second-order valence-electron chi connectivity index (χ2n) is 12.1. The Bertz CT molecular complexity index is 1930. The van der Waals surface area contributed by atoms with Crippen LogP contribution in [0.2, 0.25) is 0 Å². The number of nitrogens with zero attached hydrogens (tertiary/aromatic N) is 2. The minimum atomic E-state index is -0.799. The number of unbranched alkanes of at least 4 members (excludes halogenated alkanes) is 1. The number of carbonyl (C=O) groups is 5. The van der Waals surface area contributed by atoms with Crippen LogP contribution in [-0.4, -0.2) is 131 Å². The average Bonchev–Trinajstić information content (AvgIpc) is 3.16. The van der Waals surface area contributed by atoms with Crippen LogP contribution in [0.3, 0.4) is 0 Å². The minimum Gasteiger partial charge on any atom is -0.504 e. The van der Waals surface area contributed by atoms with Crippen LogP contribution in [0.5, 0.6) is 28.7 Å². The number of benzene rings is 2. The molecular formula is C36H46N6O13. The molecule has 55 heavy (non-hydrogen) atoms. The number of aromatic hydroxyl groups is 5. The van der Waals surface area contributed by atoms with Crippen molar-refractivity contribution in [2.45, 2.75) is 19.3 Å². The standard InChI is InChI=1S/C36H46N6O13/c1-41-18-11-25(30(47)36(41)53)35(52)42(17-6-13-38-32(49)22-8-10-24(29(46)27(22)44)34(51)40-15-20-55-3)16-5-4-12-37-31(48)21-7-9-23(28(45)26(21)43)33(50)39-14-19-54-2/h7-11,18,43-47H,4-6,12-17,19-20H2,1-3H3,(H,37,48)(H,38,49)(H,39,50)(H,40,51). The SMILES string of the molecule is COCCNC(=O)c1ccc(C(=O)NCCCCN(CCCNC(=O)c2ccc(C(=O)NCCOC)c(O)c2O)C(=O)c2ccn(C)c(=O)c2O)c(O)c1O. The number of rotatable bonds is 20. The molecule has 19 nitrogen and oxygen atoms in total. The Labute approximate surface area is 315 Å². The van der Waals surface area contributed by atoms with E-state index in [-0.39, 0.29) is 86.7 Å². The summed E-state index contributed by atoms with van der Waals surface area (Å²) in [5.74, 6) is -7.39. The van der Waals surface area contributed by atoms with E-state index in [1.807, 2.05) is 0 Å². The van der Waals surface area contributed by atoms with Gasteiger partial charge in [-0.3, -0.25) is 28.8 Å². The predicted molar refractivity (Wildman–Crippen MR) is 196 cm³/mol. The second-order valence-corrected chi connectivity index (χ2v) is 12.1. The van der Waals surface area contributed by atoms with Crippen LogP contribution in [0.15, 0.2) is 41.3 Å². The number of hydrogen-bond acceptors (Lipinski definition) is 13. The zero-order valence-corrected chi connectivity index (χ0v) is 30.6. The third kappa shape index (κ3) is 11.3. The lowest BCUT2D eigenvalue weighted by molar-refractivity contribution is 0.0744. The molecule has 3 rings (SSSR count). The Kier molecular flexibility index (Phi) is 16.3. The van der Waals surface area contributed by atoms with E-state index in [9.17, 15) is 54.3 Å². The molecule has 1 heterocycles. The molecule has 0 unspecified atom stereocenters. The fourth-order valence-electron chi connectivity index (χ4n) is 5.18. The minimum absolute atomic E-state index is 0.00932. The molecule has 9 N–H and O–H groups in total. The molecule has 0 aliphatic heterocycles. The van der Waals surface area contributed by atoms with Crippen LogP contribution in [0, 0.1) is 0 Å². The number of hydrogen-bond donors (Lipinski definition) is 9. The van der Waals surface area contributed by atoms with Gasteiger partial charge in [-0.05, 0) is 49.6 Å². The van der Waals surface area contributed by atoms with Gasteiger partial charge in [0.05, 0.1) is 41.0 Å². The number of nitrogens with one attached hydrogen (secondary N) is 4. The predicted octanol–water partition coefficient (Wildman–Crippen LogP) is 0.138. The van der Waals surface area contributed by atoms with Crippen LogP contribution < -0.4 is 26.8 Å². The van der Waals surface area contributed by atoms with Gasteiger partial charge in [0.1, 0.15) is 0 Å². The van der Waals surface area contributed by atoms with Gasteiger partial charge < -0.3 is 65.7 Å². The number of phenolic OH excluding ortho intramolecular Hbond substituents is 4. The van der Waals surface area contributed by atoms with Gasteiger partial charge in [-0.15, -0.1) is 0 Å². The number of aryl methyl sites for hydroxylation is 1. The van der Waals surface area contributed by atoms with Gasteiger partial charge in [0.15, 0.2) is 28.7 Å². The van der Waals surface area contributed by atoms with Crippen molar-refractivity contribution in [3.8, 4) is 28.7 Å². The largest absolute Gasteiger partial charge is 0.504 e. The highest BCUT2D eigenvalue weighted by Crippen LogP contribution is 2.33. The van der Waals surface area contributed by atoms with Gasteiger partial charge in [0.2, 0.25) is 0 Å². The first-order chi connectivity index (χ1) is 26.2. The Morgan fingerprint density at radius 3 is 1.36 bits per heavy atom. The highest BCUT2D eigenvalue weighted by atomic mass is 16.5. The fraction of sp³-hybridized carbons (Fsp3) is 0.389. The molecular weight excluding hydrogens is 724 g/mol. The summed E-state index contributed by atoms with van der Waals surface area (Å²) in [5, 5.41) is 62.1. The molecule has 0 spiro atoms. The number of methoxy groups -OCH3 is 2. The van der Waals surface area contributed by atoms with E-state index in [1.54, 1.807) is 0 Å². The summed E-state index contributed by atoms with van der Waals surface area (Å²) in [5.41, 5.74) is -2.06. The molecule has 0 aliphatic carbocycles. The number of aromatic nitrogens is 1. The van der Waals surface area contributed by atoms with Gasteiger partial charge >= 0.3 is 0 Å². The maximum absolute atomic E-state index is 13.5. The van der Waals surface area contributed by atoms with E-state index in [4.69, 9.17) is 9.47 Å². The molecule has 2 aromatic carbocycles. The Hall–Kier alpha value is -6.34. The third-order valence-electron chi connectivity index (χ3n) is 8.26. The normalized spacial score (nSPS) is 10.7. The van der Waals surface area contributed by atoms with Crippen LogP contribution >= 0.6 is 0 Å². The number of phenols is 4. The van der Waals surface area contributed by atoms with Crippen molar-refractivity contribution >= 4 is 29.5 Å². The zero-order valence-electron chi connectivity index (χ0n) is 30.6. The summed E-state index contributed by atoms with van der Waals surface area (Å²) in [6.07, 6.45) is 2.15. The van der Waals surface area contributed by atoms with Crippen LogP contribution in [0.4, 0.5) is 0 Å². The topological polar surface area (TPSA) is 278 Å². The highest BCUT2D eigenvalue weighted by Gasteiger charge is 2.24. The summed E-state index contributed by atoms with van der Waals surface area (Å²) < 4.78 is 10.8. The van der Waals surface area contributed by atoms with Gasteiger partial charge in [-0.25, -0.2) is 0 Å². The van der Waals surface area contributed by atoms with E-state index < -0.39 is 63.8 Å². The van der Waals surface area contributed by atoms with Gasteiger partial charge in [-0.2, -0.15) is 0 Å². The smallest absolute Gasteiger partial charge is 0.293 e. The van der Waals surface area contributed by atoms with E-state index in [0.29, 0.717) is 12.8 Å². The Morgan fingerprint density at radius 1 is 0.564 bits per heavy atom. The Morgan fingerprint density at radius 2 is 0.945 bits per heavy atom. The van der Waals surface area contributed by atoms with Crippen molar-refractivity contribution in [1.82, 2.24) is 30.7 Å². The van der Waals surface area contributed by atoms with Gasteiger partial charge in [0, 0.05) is 66.7 Å². The molecule has 0 fully saturated rings. The molecule has 0 bridgehead atoms. The molecule has 3 aromatic rings. The molecule has 0 saturated heterocycles. The fourth-order valence-corrected chi connectivity index (χ4v) is 5.18. The molecule has 0 aliphatic rings. The van der Waals surface area contributed by atoms with Crippen molar-refractivity contribution < 1.29 is 59.0 Å². The molecule has 0 atom stereocenters. The van der Waals surface area contributed by atoms with Crippen molar-refractivity contribution in [3.05, 3.63) is 74.7 Å². The molecule has 1 aromatic heterocycles. The van der Waals surface area contributed by atoms with Gasteiger partial charge in [-0.1, -0.05) is 0 Å². The lowest BCUT2D eigenvalue weighted by atomic mass is 10.1. The zero-order chi connectivity index (χ0) is 40.7. The van der Waals surface area contributed by atoms with E-state index in [0.717, 1.165) is 4.57 Å². The average molecular weight is 771 g/mol. The van der Waals surface area contributed by atoms with Crippen LogP contribution in [0.1, 0.15) is 71.1 Å². The first kappa shape index (κ1) is 43.1. The van der Waals surface area contributed by atoms with Crippen molar-refractivity contribution in [2.75, 3.05) is 66.7 Å². The first-order valence-electron chi connectivity index (χ1n) is 17.1. The van der Waals surface area contributed by atoms with E-state index >= 15 is 0 Å². The Balaban J connectivity index is 1.61. The molecule has 0 radical (unpaired) electrons. The lowest BCUT2D eigenvalue weighted by Crippen LogP contribution is -2.36. The molecule has 298 valence electrons. The highest BCUT2D eigenvalue weighted by molar-refractivity contribution is 6.04. The van der Waals surface area contributed by atoms with Crippen molar-refractivity contribution in [3.63, 3.8) is 0 Å². The number of carbonyl (C=O) groups excluding carboxylic acids is 5. The second kappa shape index (κ2) is 20.8. The van der Waals surface area contributed by atoms with Crippen molar-refractivity contribution in [2.24, 2.45) is 7.05 Å². The quantitative estimate of drug-likeness (QED) is 0.0547. The van der Waals surface area contributed by atoms with Crippen LogP contribution in [0.25, 0.3) is 0 Å². The van der Waals surface area contributed by atoms with E-state index in [2.05, 4.69) is 21.3 Å². The molecule has 19 heteroatoms. The number of ether oxygens (including phenoxy) is 2. The lowest BCUT2D eigenvalue weighted by Gasteiger charge is -2.23. The van der Waals surface area contributed by atoms with Crippen LogP contribution in [-0.2, 0) is 16.5 Å². The summed E-state index contributed by atoms with van der Waals surface area (Å²) in [6, 6.07) is 6.03. The summed E-state index contributed by atoms with van der Waals surface area (Å²) >= 11 is 0. The maximum atomic E-state index is 13.5. The number of pyridine rings is 1. The third-order valence-corrected chi connectivity index (χ3v) is 8.26. The molecule has 0 saturated carbocycles.